The molecule has 2 nitrogen and oxygen atoms in total. The summed E-state index contributed by atoms with van der Waals surface area (Å²) >= 11 is 3.52. The van der Waals surface area contributed by atoms with Gasteiger partial charge in [-0.1, -0.05) is 33.6 Å². The van der Waals surface area contributed by atoms with Crippen LogP contribution in [0.15, 0.2) is 59.2 Å². The van der Waals surface area contributed by atoms with Crippen LogP contribution in [0.4, 0.5) is 0 Å². The van der Waals surface area contributed by atoms with Gasteiger partial charge in [-0.05, 0) is 49.7 Å². The van der Waals surface area contributed by atoms with Crippen molar-refractivity contribution in [1.29, 1.82) is 0 Å². The predicted molar refractivity (Wildman–Crippen MR) is 92.2 cm³/mol. The Hall–Kier alpha value is -1.87. The fourth-order valence-corrected chi connectivity index (χ4v) is 3.48. The Morgan fingerprint density at radius 1 is 1.00 bits per heavy atom. The molecule has 3 heteroatoms. The molecule has 4 rings (SSSR count). The number of hydrogen-bond acceptors (Lipinski definition) is 0. The van der Waals surface area contributed by atoms with Crippen LogP contribution < -0.4 is 4.57 Å². The Labute approximate surface area is 139 Å². The number of benzene rings is 2. The zero-order valence-electron chi connectivity index (χ0n) is 12.6. The van der Waals surface area contributed by atoms with Gasteiger partial charge in [-0.3, -0.25) is 0 Å². The highest BCUT2D eigenvalue weighted by Gasteiger charge is 2.29. The van der Waals surface area contributed by atoms with Crippen molar-refractivity contribution in [2.45, 2.75) is 26.3 Å². The fraction of sp³-hybridized carbons (Fsp3) is 0.211. The van der Waals surface area contributed by atoms with Crippen LogP contribution in [-0.4, -0.2) is 4.57 Å². The molecule has 0 atom stereocenters. The molecule has 0 unspecified atom stereocenters. The topological polar surface area (TPSA) is 8.81 Å². The number of rotatable bonds is 2. The van der Waals surface area contributed by atoms with Crippen molar-refractivity contribution in [3.05, 3.63) is 70.6 Å². The molecule has 0 bridgehead atoms. The second kappa shape index (κ2) is 5.40. The molecule has 0 saturated heterocycles. The quantitative estimate of drug-likeness (QED) is 0.602. The highest BCUT2D eigenvalue weighted by molar-refractivity contribution is 9.10. The molecule has 0 saturated carbocycles. The standard InChI is InChI=1S/C19H18BrN2/c1-14-4-10-17(11-5-14)22-13-18(21-12-2-3-19(21)22)15-6-8-16(20)9-7-15/h4-11,13H,2-3,12H2,1H3/q+1. The van der Waals surface area contributed by atoms with Gasteiger partial charge in [0.2, 0.25) is 0 Å². The van der Waals surface area contributed by atoms with Crippen molar-refractivity contribution in [1.82, 2.24) is 4.57 Å². The van der Waals surface area contributed by atoms with Gasteiger partial charge in [0.1, 0.15) is 11.9 Å². The van der Waals surface area contributed by atoms with Crippen LogP contribution in [0, 0.1) is 6.92 Å². The first kappa shape index (κ1) is 13.8. The molecule has 110 valence electrons. The molecule has 1 aliphatic rings. The van der Waals surface area contributed by atoms with Crippen molar-refractivity contribution in [3.8, 4) is 16.9 Å². The Balaban J connectivity index is 1.86. The minimum absolute atomic E-state index is 1.11. The summed E-state index contributed by atoms with van der Waals surface area (Å²) < 4.78 is 5.93. The van der Waals surface area contributed by atoms with Crippen molar-refractivity contribution in [2.75, 3.05) is 0 Å². The number of imidazole rings is 1. The number of aromatic nitrogens is 2. The van der Waals surface area contributed by atoms with E-state index >= 15 is 0 Å². The van der Waals surface area contributed by atoms with E-state index in [1.54, 1.807) is 0 Å². The maximum atomic E-state index is 3.52. The Bertz CT molecular complexity index is 746. The Morgan fingerprint density at radius 3 is 2.45 bits per heavy atom. The van der Waals surface area contributed by atoms with E-state index in [4.69, 9.17) is 0 Å². The summed E-state index contributed by atoms with van der Waals surface area (Å²) in [5.74, 6) is 1.40. The summed E-state index contributed by atoms with van der Waals surface area (Å²) in [6.45, 7) is 3.24. The maximum absolute atomic E-state index is 3.52. The highest BCUT2D eigenvalue weighted by atomic mass is 79.9. The second-order valence-corrected chi connectivity index (χ2v) is 6.81. The molecule has 0 amide bonds. The number of halogens is 1. The van der Waals surface area contributed by atoms with Crippen LogP contribution in [0.5, 0.6) is 0 Å². The van der Waals surface area contributed by atoms with E-state index in [0.29, 0.717) is 0 Å². The van der Waals surface area contributed by atoms with Gasteiger partial charge < -0.3 is 0 Å². The van der Waals surface area contributed by atoms with Gasteiger partial charge >= 0.3 is 0 Å². The first-order valence-electron chi connectivity index (χ1n) is 7.69. The lowest BCUT2D eigenvalue weighted by Gasteiger charge is -1.98. The summed E-state index contributed by atoms with van der Waals surface area (Å²) in [5.41, 5.74) is 5.13. The molecule has 2 heterocycles. The van der Waals surface area contributed by atoms with Crippen LogP contribution >= 0.6 is 15.9 Å². The number of aryl methyl sites for hydroxylation is 1. The normalized spacial score (nSPS) is 13.4. The van der Waals surface area contributed by atoms with Crippen LogP contribution in [0.1, 0.15) is 17.8 Å². The van der Waals surface area contributed by atoms with E-state index < -0.39 is 0 Å². The van der Waals surface area contributed by atoms with E-state index in [0.717, 1.165) is 17.4 Å². The third-order valence-electron chi connectivity index (χ3n) is 4.37. The predicted octanol–water partition coefficient (Wildman–Crippen LogP) is 4.45. The lowest BCUT2D eigenvalue weighted by atomic mass is 10.1. The van der Waals surface area contributed by atoms with Gasteiger partial charge in [-0.2, -0.15) is 4.57 Å². The van der Waals surface area contributed by atoms with Gasteiger partial charge in [-0.25, -0.2) is 4.57 Å². The molecule has 0 fully saturated rings. The molecular formula is C19H18BrN2+. The average molecular weight is 354 g/mol. The summed E-state index contributed by atoms with van der Waals surface area (Å²) in [6.07, 6.45) is 4.65. The lowest BCUT2D eigenvalue weighted by molar-refractivity contribution is -0.679. The van der Waals surface area contributed by atoms with Crippen LogP contribution in [0.25, 0.3) is 16.9 Å². The SMILES string of the molecule is Cc1ccc(-n2cc(-c3ccc(Br)cc3)[n+]3c2CCC3)cc1. The molecular weight excluding hydrogens is 336 g/mol. The number of fused-ring (bicyclic) bond motifs is 1. The third kappa shape index (κ3) is 2.30. The molecule has 0 aliphatic carbocycles. The molecule has 0 radical (unpaired) electrons. The average Bonchev–Trinajstić information content (AvgIpc) is 3.12. The van der Waals surface area contributed by atoms with Crippen molar-refractivity contribution >= 4 is 15.9 Å². The Morgan fingerprint density at radius 2 is 1.73 bits per heavy atom. The van der Waals surface area contributed by atoms with Crippen LogP contribution in [0.2, 0.25) is 0 Å². The van der Waals surface area contributed by atoms with Gasteiger partial charge in [-0.15, -0.1) is 0 Å². The van der Waals surface area contributed by atoms with Gasteiger partial charge in [0, 0.05) is 10.0 Å². The summed E-state index contributed by atoms with van der Waals surface area (Å²) in [5, 5.41) is 0. The second-order valence-electron chi connectivity index (χ2n) is 5.90. The zero-order valence-corrected chi connectivity index (χ0v) is 14.2. The van der Waals surface area contributed by atoms with Crippen molar-refractivity contribution < 1.29 is 4.57 Å². The van der Waals surface area contributed by atoms with E-state index in [-0.39, 0.29) is 0 Å². The van der Waals surface area contributed by atoms with Crippen LogP contribution in [0.3, 0.4) is 0 Å². The summed E-state index contributed by atoms with van der Waals surface area (Å²) in [7, 11) is 0. The number of hydrogen-bond donors (Lipinski definition) is 0. The Kier molecular flexibility index (Phi) is 3.38. The molecule has 3 aromatic rings. The fourth-order valence-electron chi connectivity index (χ4n) is 3.22. The summed E-state index contributed by atoms with van der Waals surface area (Å²) in [6, 6.07) is 17.4. The first-order valence-corrected chi connectivity index (χ1v) is 8.49. The van der Waals surface area contributed by atoms with Gasteiger partial charge in [0.25, 0.3) is 5.82 Å². The van der Waals surface area contributed by atoms with E-state index in [9.17, 15) is 0 Å². The molecule has 0 spiro atoms. The minimum atomic E-state index is 1.11. The lowest BCUT2D eigenvalue weighted by Crippen LogP contribution is -2.33. The van der Waals surface area contributed by atoms with Crippen molar-refractivity contribution in [3.63, 3.8) is 0 Å². The maximum Gasteiger partial charge on any atom is 0.262 e. The summed E-state index contributed by atoms with van der Waals surface area (Å²) in [4.78, 5) is 0. The first-order chi connectivity index (χ1) is 10.7. The van der Waals surface area contributed by atoms with Crippen molar-refractivity contribution in [2.24, 2.45) is 0 Å². The minimum Gasteiger partial charge on any atom is -0.227 e. The molecule has 1 aliphatic heterocycles. The van der Waals surface area contributed by atoms with Gasteiger partial charge in [0.15, 0.2) is 5.69 Å². The molecule has 22 heavy (non-hydrogen) atoms. The molecule has 2 aromatic carbocycles. The smallest absolute Gasteiger partial charge is 0.227 e. The van der Waals surface area contributed by atoms with E-state index in [2.05, 4.69) is 86.7 Å². The zero-order chi connectivity index (χ0) is 15.1. The largest absolute Gasteiger partial charge is 0.262 e. The van der Waals surface area contributed by atoms with Crippen LogP contribution in [-0.2, 0) is 13.0 Å². The van der Waals surface area contributed by atoms with Gasteiger partial charge in [0.05, 0.1) is 13.0 Å². The monoisotopic (exact) mass is 353 g/mol. The highest BCUT2D eigenvalue weighted by Crippen LogP contribution is 2.25. The third-order valence-corrected chi connectivity index (χ3v) is 4.89. The molecule has 0 N–H and O–H groups in total. The number of nitrogens with zero attached hydrogens (tertiary/aromatic N) is 2. The molecule has 1 aromatic heterocycles. The van der Waals surface area contributed by atoms with E-state index in [1.165, 1.54) is 34.8 Å². The van der Waals surface area contributed by atoms with E-state index in [1.807, 2.05) is 0 Å².